The zero-order valence-corrected chi connectivity index (χ0v) is 17.3. The van der Waals surface area contributed by atoms with E-state index in [1.807, 2.05) is 43.3 Å². The van der Waals surface area contributed by atoms with Gasteiger partial charge in [-0.2, -0.15) is 0 Å². The minimum Gasteiger partial charge on any atom is -0.480 e. The van der Waals surface area contributed by atoms with Crippen molar-refractivity contribution in [2.75, 3.05) is 13.1 Å². The molecule has 154 valence electrons. The highest BCUT2D eigenvalue weighted by atomic mass is 35.5. The van der Waals surface area contributed by atoms with Crippen molar-refractivity contribution in [3.8, 4) is 11.5 Å². The van der Waals surface area contributed by atoms with Crippen molar-refractivity contribution in [1.29, 1.82) is 0 Å². The van der Waals surface area contributed by atoms with Gasteiger partial charge in [-0.05, 0) is 55.3 Å². The fourth-order valence-corrected chi connectivity index (χ4v) is 3.09. The molecule has 0 saturated carbocycles. The first-order valence-electron chi connectivity index (χ1n) is 9.51. The molecule has 3 aromatic rings. The third-order valence-corrected chi connectivity index (χ3v) is 4.82. The summed E-state index contributed by atoms with van der Waals surface area (Å²) in [7, 11) is 0. The average molecular weight is 424 g/mol. The molecule has 0 heterocycles. The first-order valence-corrected chi connectivity index (χ1v) is 9.89. The van der Waals surface area contributed by atoms with Gasteiger partial charge in [0, 0.05) is 11.6 Å². The number of amides is 1. The molecule has 3 rings (SSSR count). The van der Waals surface area contributed by atoms with Crippen LogP contribution in [0.4, 0.5) is 0 Å². The van der Waals surface area contributed by atoms with E-state index in [9.17, 15) is 14.7 Å². The van der Waals surface area contributed by atoms with Gasteiger partial charge in [0.25, 0.3) is 5.91 Å². The molecule has 0 saturated heterocycles. The van der Waals surface area contributed by atoms with Gasteiger partial charge >= 0.3 is 5.97 Å². The summed E-state index contributed by atoms with van der Waals surface area (Å²) in [6.07, 6.45) is 0.511. The topological polar surface area (TPSA) is 66.8 Å². The number of hydrogen-bond donors (Lipinski definition) is 1. The summed E-state index contributed by atoms with van der Waals surface area (Å²) in [4.78, 5) is 25.9. The molecule has 0 fully saturated rings. The quantitative estimate of drug-likeness (QED) is 0.540. The number of rotatable bonds is 8. The van der Waals surface area contributed by atoms with Gasteiger partial charge in [-0.15, -0.1) is 0 Å². The number of carboxylic acids is 1. The Balaban J connectivity index is 1.80. The Morgan fingerprint density at radius 1 is 0.967 bits per heavy atom. The number of hydrogen-bond acceptors (Lipinski definition) is 3. The molecular formula is C24H22ClNO4. The van der Waals surface area contributed by atoms with Crippen molar-refractivity contribution in [1.82, 2.24) is 4.90 Å². The van der Waals surface area contributed by atoms with E-state index in [4.69, 9.17) is 16.3 Å². The minimum absolute atomic E-state index is 0.256. The highest BCUT2D eigenvalue weighted by Crippen LogP contribution is 2.26. The van der Waals surface area contributed by atoms with Gasteiger partial charge in [-0.1, -0.05) is 53.6 Å². The largest absolute Gasteiger partial charge is 0.480 e. The number of benzene rings is 3. The van der Waals surface area contributed by atoms with Crippen molar-refractivity contribution in [3.05, 3.63) is 94.5 Å². The predicted octanol–water partition coefficient (Wildman–Crippen LogP) is 5.21. The summed E-state index contributed by atoms with van der Waals surface area (Å²) in [5, 5.41) is 9.93. The third-order valence-electron chi connectivity index (χ3n) is 4.56. The Labute approximate surface area is 180 Å². The zero-order valence-electron chi connectivity index (χ0n) is 16.5. The van der Waals surface area contributed by atoms with E-state index in [0.717, 1.165) is 11.1 Å². The maximum atomic E-state index is 13.2. The van der Waals surface area contributed by atoms with Crippen molar-refractivity contribution < 1.29 is 19.4 Å². The molecule has 0 spiro atoms. The number of aryl methyl sites for hydroxylation is 1. The number of carbonyl (C=O) groups excluding carboxylic acids is 1. The van der Waals surface area contributed by atoms with Gasteiger partial charge in [0.05, 0.1) is 5.56 Å². The molecular weight excluding hydrogens is 402 g/mol. The van der Waals surface area contributed by atoms with E-state index in [0.29, 0.717) is 28.5 Å². The fourth-order valence-electron chi connectivity index (χ4n) is 2.97. The van der Waals surface area contributed by atoms with Crippen LogP contribution in [-0.4, -0.2) is 35.0 Å². The molecule has 0 aliphatic carbocycles. The van der Waals surface area contributed by atoms with Crippen LogP contribution in [0, 0.1) is 6.92 Å². The molecule has 3 aromatic carbocycles. The van der Waals surface area contributed by atoms with Crippen molar-refractivity contribution in [2.24, 2.45) is 0 Å². The molecule has 0 aliphatic rings. The Bertz CT molecular complexity index is 1020. The monoisotopic (exact) mass is 423 g/mol. The Morgan fingerprint density at radius 3 is 2.30 bits per heavy atom. The maximum absolute atomic E-state index is 13.2. The smallest absolute Gasteiger partial charge is 0.323 e. The van der Waals surface area contributed by atoms with Crippen LogP contribution in [-0.2, 0) is 11.2 Å². The third kappa shape index (κ3) is 5.84. The average Bonchev–Trinajstić information content (AvgIpc) is 2.73. The molecule has 5 nitrogen and oxygen atoms in total. The predicted molar refractivity (Wildman–Crippen MR) is 116 cm³/mol. The molecule has 6 heteroatoms. The SMILES string of the molecule is Cc1ccc(Oc2ccccc2C(=O)N(CCc2ccc(Cl)cc2)CC(=O)O)cc1. The molecule has 0 aromatic heterocycles. The van der Waals surface area contributed by atoms with Crippen molar-refractivity contribution >= 4 is 23.5 Å². The first kappa shape index (κ1) is 21.4. The summed E-state index contributed by atoms with van der Waals surface area (Å²) in [5.41, 5.74) is 2.38. The van der Waals surface area contributed by atoms with Crippen LogP contribution in [0.3, 0.4) is 0 Å². The molecule has 0 atom stereocenters. The summed E-state index contributed by atoms with van der Waals surface area (Å²) < 4.78 is 5.91. The van der Waals surface area contributed by atoms with Gasteiger partial charge in [0.2, 0.25) is 0 Å². The Morgan fingerprint density at radius 2 is 1.63 bits per heavy atom. The second kappa shape index (κ2) is 9.94. The molecule has 0 aliphatic heterocycles. The lowest BCUT2D eigenvalue weighted by Gasteiger charge is -2.22. The van der Waals surface area contributed by atoms with Crippen molar-refractivity contribution in [3.63, 3.8) is 0 Å². The highest BCUT2D eigenvalue weighted by Gasteiger charge is 2.22. The highest BCUT2D eigenvalue weighted by molar-refractivity contribution is 6.30. The van der Waals surface area contributed by atoms with Gasteiger partial charge in [0.15, 0.2) is 0 Å². The summed E-state index contributed by atoms with van der Waals surface area (Å²) >= 11 is 5.91. The molecule has 1 amide bonds. The van der Waals surface area contributed by atoms with E-state index < -0.39 is 18.4 Å². The van der Waals surface area contributed by atoms with Crippen LogP contribution in [0.5, 0.6) is 11.5 Å². The Kier molecular flexibility index (Phi) is 7.09. The Hall–Kier alpha value is -3.31. The lowest BCUT2D eigenvalue weighted by molar-refractivity contribution is -0.137. The minimum atomic E-state index is -1.07. The van der Waals surface area contributed by atoms with E-state index in [1.165, 1.54) is 4.90 Å². The number of para-hydroxylation sites is 1. The van der Waals surface area contributed by atoms with E-state index in [1.54, 1.807) is 36.4 Å². The second-order valence-electron chi connectivity index (χ2n) is 6.91. The zero-order chi connectivity index (χ0) is 21.5. The number of aliphatic carboxylic acids is 1. The van der Waals surface area contributed by atoms with Crippen LogP contribution in [0.2, 0.25) is 5.02 Å². The number of carbonyl (C=O) groups is 2. The van der Waals surface area contributed by atoms with Gasteiger partial charge in [-0.25, -0.2) is 0 Å². The van der Waals surface area contributed by atoms with E-state index >= 15 is 0 Å². The number of carboxylic acid groups (broad SMARTS) is 1. The number of nitrogens with zero attached hydrogens (tertiary/aromatic N) is 1. The summed E-state index contributed by atoms with van der Waals surface area (Å²) in [6.45, 7) is 1.84. The van der Waals surface area contributed by atoms with Gasteiger partial charge in [0.1, 0.15) is 18.0 Å². The normalized spacial score (nSPS) is 10.5. The van der Waals surface area contributed by atoms with E-state index in [2.05, 4.69) is 0 Å². The summed E-state index contributed by atoms with van der Waals surface area (Å²) in [6, 6.07) is 21.6. The standard InChI is InChI=1S/C24H22ClNO4/c1-17-6-12-20(13-7-17)30-22-5-3-2-4-21(22)24(29)26(16-23(27)28)15-14-18-8-10-19(25)11-9-18/h2-13H,14-16H2,1H3,(H,27,28). The van der Waals surface area contributed by atoms with Crippen LogP contribution in [0.15, 0.2) is 72.8 Å². The lowest BCUT2D eigenvalue weighted by atomic mass is 10.1. The maximum Gasteiger partial charge on any atom is 0.323 e. The van der Waals surface area contributed by atoms with Crippen LogP contribution >= 0.6 is 11.6 Å². The molecule has 0 unspecified atom stereocenters. The summed E-state index contributed by atoms with van der Waals surface area (Å²) in [5.74, 6) is -0.481. The van der Waals surface area contributed by atoms with Crippen molar-refractivity contribution in [2.45, 2.75) is 13.3 Å². The van der Waals surface area contributed by atoms with Crippen LogP contribution < -0.4 is 4.74 Å². The second-order valence-corrected chi connectivity index (χ2v) is 7.34. The molecule has 0 radical (unpaired) electrons. The van der Waals surface area contributed by atoms with Crippen LogP contribution in [0.1, 0.15) is 21.5 Å². The molecule has 30 heavy (non-hydrogen) atoms. The number of ether oxygens (including phenoxy) is 1. The van der Waals surface area contributed by atoms with Crippen LogP contribution in [0.25, 0.3) is 0 Å². The van der Waals surface area contributed by atoms with E-state index in [-0.39, 0.29) is 6.54 Å². The fraction of sp³-hybridized carbons (Fsp3) is 0.167. The molecule has 1 N–H and O–H groups in total. The van der Waals surface area contributed by atoms with Gasteiger partial charge in [-0.3, -0.25) is 9.59 Å². The first-order chi connectivity index (χ1) is 14.4. The lowest BCUT2D eigenvalue weighted by Crippen LogP contribution is -2.37. The number of halogens is 1. The van der Waals surface area contributed by atoms with Gasteiger partial charge < -0.3 is 14.7 Å². The molecule has 0 bridgehead atoms.